The average Bonchev–Trinajstić information content (AvgIpc) is 2.68. The van der Waals surface area contributed by atoms with E-state index in [1.54, 1.807) is 6.20 Å². The highest BCUT2D eigenvalue weighted by Crippen LogP contribution is 2.30. The first-order valence-corrected chi connectivity index (χ1v) is 6.23. The van der Waals surface area contributed by atoms with Gasteiger partial charge in [-0.2, -0.15) is 0 Å². The van der Waals surface area contributed by atoms with Crippen molar-refractivity contribution in [1.29, 1.82) is 0 Å². The van der Waals surface area contributed by atoms with Crippen LogP contribution in [0.2, 0.25) is 5.02 Å². The predicted octanol–water partition coefficient (Wildman–Crippen LogP) is 0.496. The smallest absolute Gasteiger partial charge is 0.256 e. The third-order valence-electron chi connectivity index (χ3n) is 3.38. The van der Waals surface area contributed by atoms with Crippen LogP contribution in [0.3, 0.4) is 0 Å². The average molecular weight is 280 g/mol. The van der Waals surface area contributed by atoms with Crippen molar-refractivity contribution in [2.24, 2.45) is 0 Å². The Morgan fingerprint density at radius 1 is 1.32 bits per heavy atom. The highest BCUT2D eigenvalue weighted by molar-refractivity contribution is 6.34. The highest BCUT2D eigenvalue weighted by Gasteiger charge is 2.40. The number of fused-ring (bicyclic) bond motifs is 1. The van der Waals surface area contributed by atoms with Gasteiger partial charge in [0.05, 0.1) is 10.6 Å². The third-order valence-corrected chi connectivity index (χ3v) is 3.67. The Morgan fingerprint density at radius 2 is 2.11 bits per heavy atom. The summed E-state index contributed by atoms with van der Waals surface area (Å²) < 4.78 is 0. The molecular weight excluding hydrogens is 270 g/mol. The third kappa shape index (κ3) is 1.88. The molecule has 1 atom stereocenters. The fourth-order valence-corrected chi connectivity index (χ4v) is 2.72. The number of pyridine rings is 1. The molecule has 0 radical (unpaired) electrons. The van der Waals surface area contributed by atoms with Gasteiger partial charge in [0.1, 0.15) is 6.04 Å². The largest absolute Gasteiger partial charge is 0.322 e. The molecule has 0 aromatic carbocycles. The van der Waals surface area contributed by atoms with Crippen molar-refractivity contribution >= 4 is 29.3 Å². The number of rotatable bonds is 1. The number of aromatic nitrogens is 1. The maximum absolute atomic E-state index is 12.3. The van der Waals surface area contributed by atoms with Gasteiger partial charge in [-0.15, -0.1) is 0 Å². The van der Waals surface area contributed by atoms with Crippen LogP contribution < -0.4 is 5.32 Å². The fraction of sp³-hybridized carbons (Fsp3) is 0.333. The van der Waals surface area contributed by atoms with Crippen molar-refractivity contribution < 1.29 is 14.4 Å². The first kappa shape index (κ1) is 12.1. The van der Waals surface area contributed by atoms with Crippen LogP contribution in [-0.4, -0.2) is 33.6 Å². The monoisotopic (exact) mass is 279 g/mol. The SMILES string of the molecule is O=C1CCC(N2Cc3cncc(Cl)c3C2=O)C(=O)N1. The van der Waals surface area contributed by atoms with Crippen LogP contribution in [0.4, 0.5) is 0 Å². The lowest BCUT2D eigenvalue weighted by atomic mass is 10.0. The highest BCUT2D eigenvalue weighted by atomic mass is 35.5. The van der Waals surface area contributed by atoms with E-state index < -0.39 is 11.9 Å². The molecule has 0 spiro atoms. The van der Waals surface area contributed by atoms with Crippen molar-refractivity contribution in [2.75, 3.05) is 0 Å². The standard InChI is InChI=1S/C12H10ClN3O3/c13-7-4-14-3-6-5-16(12(19)10(6)7)8-1-2-9(17)15-11(8)18/h3-4,8H,1-2,5H2,(H,15,17,18). The van der Waals surface area contributed by atoms with Gasteiger partial charge < -0.3 is 4.90 Å². The zero-order chi connectivity index (χ0) is 13.6. The summed E-state index contributed by atoms with van der Waals surface area (Å²) in [6.07, 6.45) is 3.56. The summed E-state index contributed by atoms with van der Waals surface area (Å²) in [6, 6.07) is -0.617. The molecule has 2 aliphatic heterocycles. The van der Waals surface area contributed by atoms with E-state index in [-0.39, 0.29) is 23.3 Å². The van der Waals surface area contributed by atoms with Crippen LogP contribution in [0, 0.1) is 0 Å². The summed E-state index contributed by atoms with van der Waals surface area (Å²) in [4.78, 5) is 40.6. The van der Waals surface area contributed by atoms with Crippen molar-refractivity contribution in [3.05, 3.63) is 28.5 Å². The van der Waals surface area contributed by atoms with Gasteiger partial charge in [-0.25, -0.2) is 0 Å². The molecule has 0 aliphatic carbocycles. The summed E-state index contributed by atoms with van der Waals surface area (Å²) in [5, 5.41) is 2.54. The molecule has 1 aromatic heterocycles. The van der Waals surface area contributed by atoms with Crippen molar-refractivity contribution in [3.8, 4) is 0 Å². The number of imide groups is 1. The Bertz CT molecular complexity index is 602. The zero-order valence-electron chi connectivity index (χ0n) is 9.85. The second-order valence-electron chi connectivity index (χ2n) is 4.56. The molecule has 1 fully saturated rings. The van der Waals surface area contributed by atoms with Gasteiger partial charge >= 0.3 is 0 Å². The van der Waals surface area contributed by atoms with Gasteiger partial charge in [-0.05, 0) is 6.42 Å². The number of hydrogen-bond donors (Lipinski definition) is 1. The van der Waals surface area contributed by atoms with E-state index in [0.29, 0.717) is 24.1 Å². The number of nitrogens with zero attached hydrogens (tertiary/aromatic N) is 2. The second kappa shape index (κ2) is 4.31. The number of halogens is 1. The molecule has 98 valence electrons. The van der Waals surface area contributed by atoms with E-state index in [1.165, 1.54) is 11.1 Å². The minimum atomic E-state index is -0.617. The Hall–Kier alpha value is -1.95. The Kier molecular flexibility index (Phi) is 2.74. The van der Waals surface area contributed by atoms with Gasteiger partial charge in [0.2, 0.25) is 11.8 Å². The Labute approximate surface area is 113 Å². The second-order valence-corrected chi connectivity index (χ2v) is 4.96. The van der Waals surface area contributed by atoms with Gasteiger partial charge in [0.25, 0.3) is 5.91 Å². The number of carbonyl (C=O) groups is 3. The molecule has 1 unspecified atom stereocenters. The molecule has 3 heterocycles. The van der Waals surface area contributed by atoms with Gasteiger partial charge in [-0.3, -0.25) is 24.7 Å². The molecular formula is C12H10ClN3O3. The topological polar surface area (TPSA) is 79.4 Å². The lowest BCUT2D eigenvalue weighted by Gasteiger charge is -2.29. The summed E-state index contributed by atoms with van der Waals surface area (Å²) in [6.45, 7) is 0.300. The summed E-state index contributed by atoms with van der Waals surface area (Å²) >= 11 is 5.96. The number of hydrogen-bond acceptors (Lipinski definition) is 4. The van der Waals surface area contributed by atoms with E-state index in [0.717, 1.165) is 0 Å². The summed E-state index contributed by atoms with van der Waals surface area (Å²) in [5.74, 6) is -1.01. The summed E-state index contributed by atoms with van der Waals surface area (Å²) in [5.41, 5.74) is 1.11. The quantitative estimate of drug-likeness (QED) is 0.759. The van der Waals surface area contributed by atoms with E-state index in [2.05, 4.69) is 10.3 Å². The molecule has 19 heavy (non-hydrogen) atoms. The first-order chi connectivity index (χ1) is 9.08. The molecule has 7 heteroatoms. The lowest BCUT2D eigenvalue weighted by molar-refractivity contribution is -0.136. The zero-order valence-corrected chi connectivity index (χ0v) is 10.6. The first-order valence-electron chi connectivity index (χ1n) is 5.85. The van der Waals surface area contributed by atoms with E-state index in [9.17, 15) is 14.4 Å². The maximum atomic E-state index is 12.3. The summed E-state index contributed by atoms with van der Waals surface area (Å²) in [7, 11) is 0. The molecule has 2 aliphatic rings. The minimum absolute atomic E-state index is 0.239. The fourth-order valence-electron chi connectivity index (χ4n) is 2.46. The van der Waals surface area contributed by atoms with Crippen LogP contribution in [-0.2, 0) is 16.1 Å². The Balaban J connectivity index is 1.90. The van der Waals surface area contributed by atoms with Crippen molar-refractivity contribution in [2.45, 2.75) is 25.4 Å². The molecule has 0 saturated carbocycles. The molecule has 1 saturated heterocycles. The van der Waals surface area contributed by atoms with Crippen molar-refractivity contribution in [3.63, 3.8) is 0 Å². The molecule has 3 rings (SSSR count). The number of nitrogens with one attached hydrogen (secondary N) is 1. The molecule has 1 aromatic rings. The molecule has 1 N–H and O–H groups in total. The van der Waals surface area contributed by atoms with Crippen LogP contribution in [0.25, 0.3) is 0 Å². The van der Waals surface area contributed by atoms with Crippen LogP contribution in [0.5, 0.6) is 0 Å². The van der Waals surface area contributed by atoms with Crippen molar-refractivity contribution in [1.82, 2.24) is 15.2 Å². The van der Waals surface area contributed by atoms with E-state index in [1.807, 2.05) is 0 Å². The lowest BCUT2D eigenvalue weighted by Crippen LogP contribution is -2.52. The normalized spacial score (nSPS) is 22.5. The van der Waals surface area contributed by atoms with Gasteiger partial charge in [0, 0.05) is 30.9 Å². The number of carbonyl (C=O) groups excluding carboxylic acids is 3. The van der Waals surface area contributed by atoms with Gasteiger partial charge in [-0.1, -0.05) is 11.6 Å². The van der Waals surface area contributed by atoms with E-state index >= 15 is 0 Å². The Morgan fingerprint density at radius 3 is 2.79 bits per heavy atom. The van der Waals surface area contributed by atoms with E-state index in [4.69, 9.17) is 11.6 Å². The van der Waals surface area contributed by atoms with Gasteiger partial charge in [0.15, 0.2) is 0 Å². The maximum Gasteiger partial charge on any atom is 0.256 e. The van der Waals surface area contributed by atoms with Crippen LogP contribution in [0.1, 0.15) is 28.8 Å². The van der Waals surface area contributed by atoms with Crippen LogP contribution >= 0.6 is 11.6 Å². The number of amides is 3. The predicted molar refractivity (Wildman–Crippen MR) is 65.3 cm³/mol. The van der Waals surface area contributed by atoms with Crippen LogP contribution in [0.15, 0.2) is 12.4 Å². The number of piperidine rings is 1. The molecule has 3 amide bonds. The molecule has 0 bridgehead atoms. The molecule has 6 nitrogen and oxygen atoms in total. The minimum Gasteiger partial charge on any atom is -0.322 e.